The van der Waals surface area contributed by atoms with Crippen molar-refractivity contribution in [2.24, 2.45) is 5.92 Å². The van der Waals surface area contributed by atoms with Gasteiger partial charge in [0, 0.05) is 11.6 Å². The molecule has 17 heteroatoms. The summed E-state index contributed by atoms with van der Waals surface area (Å²) in [5, 5.41) is 18.7. The van der Waals surface area contributed by atoms with Gasteiger partial charge < -0.3 is 22.6 Å². The van der Waals surface area contributed by atoms with Gasteiger partial charge in [0.15, 0.2) is 30.9 Å². The van der Waals surface area contributed by atoms with Crippen LogP contribution in [0.25, 0.3) is 0 Å². The Morgan fingerprint density at radius 2 is 1.03 bits per heavy atom. The highest BCUT2D eigenvalue weighted by atomic mass is 28.5. The summed E-state index contributed by atoms with van der Waals surface area (Å²) in [5.41, 5.74) is -3.72. The minimum absolute atomic E-state index is 0.0990. The van der Waals surface area contributed by atoms with Crippen LogP contribution in [0.5, 0.6) is 0 Å². The summed E-state index contributed by atoms with van der Waals surface area (Å²) >= 11 is 0. The fourth-order valence-electron chi connectivity index (χ4n) is 3.39. The van der Waals surface area contributed by atoms with Crippen molar-refractivity contribution in [2.75, 3.05) is 0 Å². The van der Waals surface area contributed by atoms with Crippen LogP contribution >= 0.6 is 0 Å². The molecule has 0 aliphatic heterocycles. The van der Waals surface area contributed by atoms with Gasteiger partial charge in [-0.05, 0) is 71.8 Å². The second-order valence-electron chi connectivity index (χ2n) is 11.2. The molecule has 0 aromatic rings. The second-order valence-corrected chi connectivity index (χ2v) is 28.2. The van der Waals surface area contributed by atoms with Crippen molar-refractivity contribution in [1.82, 2.24) is 0 Å². The lowest BCUT2D eigenvalue weighted by molar-refractivity contribution is -0.272. The highest BCUT2D eigenvalue weighted by Gasteiger charge is 2.61. The molecule has 0 bridgehead atoms. The molecule has 212 valence electrons. The van der Waals surface area contributed by atoms with Gasteiger partial charge in [-0.3, -0.25) is 0 Å². The zero-order valence-electron chi connectivity index (χ0n) is 21.9. The molecule has 0 aromatic carbocycles. The molecule has 0 rings (SSSR count). The van der Waals surface area contributed by atoms with Crippen molar-refractivity contribution < 1.29 is 58.5 Å². The lowest BCUT2D eigenvalue weighted by Gasteiger charge is -2.43. The Balaban J connectivity index is 6.63. The Labute approximate surface area is 211 Å². The highest BCUT2D eigenvalue weighted by molar-refractivity contribution is 6.90. The first-order valence-electron chi connectivity index (χ1n) is 11.0. The molecule has 0 saturated carbocycles. The van der Waals surface area contributed by atoms with Gasteiger partial charge in [-0.2, -0.15) is 26.3 Å². The molecule has 0 radical (unpaired) electrons. The Morgan fingerprint density at radius 1 is 0.694 bits per heavy atom. The van der Waals surface area contributed by atoms with E-state index in [1.165, 1.54) is 0 Å². The van der Waals surface area contributed by atoms with Gasteiger partial charge in [0.1, 0.15) is 0 Å². The molecule has 7 nitrogen and oxygen atoms in total. The van der Waals surface area contributed by atoms with Gasteiger partial charge in [-0.25, -0.2) is 9.59 Å². The van der Waals surface area contributed by atoms with Gasteiger partial charge in [0.2, 0.25) is 0 Å². The van der Waals surface area contributed by atoms with Crippen molar-refractivity contribution in [1.29, 1.82) is 0 Å². The number of aliphatic carboxylic acids is 2. The molecule has 0 aromatic heterocycles. The third-order valence-corrected chi connectivity index (χ3v) is 16.1. The fourth-order valence-corrected chi connectivity index (χ4v) is 18.0. The van der Waals surface area contributed by atoms with E-state index in [1.54, 1.807) is 0 Å². The number of halogens is 6. The molecule has 0 unspecified atom stereocenters. The molecule has 0 fully saturated rings. The van der Waals surface area contributed by atoms with Crippen LogP contribution in [0.3, 0.4) is 0 Å². The SMILES string of the molecule is C[Si](C)(C)O[Si](CCC/C(C(=O)O)=C(\C(=O)O)C(C(F)(F)F)C(F)(F)F)(O[Si](C)(C)C)O[Si](C)(C)C. The molecule has 0 saturated heterocycles. The Bertz CT molecular complexity index is 770. The average Bonchev–Trinajstić information content (AvgIpc) is 2.48. The zero-order valence-corrected chi connectivity index (χ0v) is 25.9. The quantitative estimate of drug-likeness (QED) is 0.142. The van der Waals surface area contributed by atoms with Gasteiger partial charge in [0.05, 0.1) is 5.57 Å². The number of hydrogen-bond acceptors (Lipinski definition) is 5. The smallest absolute Gasteiger partial charge is 0.469 e. The van der Waals surface area contributed by atoms with E-state index in [-0.39, 0.29) is 12.5 Å². The van der Waals surface area contributed by atoms with E-state index in [4.69, 9.17) is 12.3 Å². The minimum atomic E-state index is -6.06. The first-order valence-corrected chi connectivity index (χ1v) is 23.2. The van der Waals surface area contributed by atoms with E-state index in [1.807, 2.05) is 58.9 Å². The van der Waals surface area contributed by atoms with Crippen molar-refractivity contribution in [3.8, 4) is 0 Å². The van der Waals surface area contributed by atoms with Crippen molar-refractivity contribution >= 4 is 45.7 Å². The summed E-state index contributed by atoms with van der Waals surface area (Å²) in [6.45, 7) is 16.7. The van der Waals surface area contributed by atoms with Crippen LogP contribution in [-0.4, -0.2) is 68.3 Å². The summed E-state index contributed by atoms with van der Waals surface area (Å²) in [6, 6.07) is -0.0990. The molecule has 0 spiro atoms. The van der Waals surface area contributed by atoms with E-state index in [2.05, 4.69) is 0 Å². The lowest BCUT2D eigenvalue weighted by atomic mass is 9.90. The molecular weight excluding hydrogens is 567 g/mol. The molecular formula is C19H36F6O7Si4. The van der Waals surface area contributed by atoms with Crippen molar-refractivity contribution in [3.63, 3.8) is 0 Å². The summed E-state index contributed by atoms with van der Waals surface area (Å²) in [5.74, 6) is -9.24. The van der Waals surface area contributed by atoms with Crippen LogP contribution in [0.15, 0.2) is 11.1 Å². The predicted octanol–water partition coefficient (Wildman–Crippen LogP) is 6.47. The topological polar surface area (TPSA) is 102 Å². The third kappa shape index (κ3) is 12.5. The van der Waals surface area contributed by atoms with Gasteiger partial charge in [-0.15, -0.1) is 0 Å². The average molecular weight is 603 g/mol. The van der Waals surface area contributed by atoms with Crippen LogP contribution < -0.4 is 0 Å². The lowest BCUT2D eigenvalue weighted by Crippen LogP contribution is -2.60. The Hall–Kier alpha value is -0.992. The van der Waals surface area contributed by atoms with Crippen molar-refractivity contribution in [2.45, 2.75) is 90.2 Å². The molecule has 0 heterocycles. The van der Waals surface area contributed by atoms with Gasteiger partial charge >= 0.3 is 33.1 Å². The van der Waals surface area contributed by atoms with Crippen LogP contribution in [0.1, 0.15) is 12.8 Å². The number of carbonyl (C=O) groups is 2. The predicted molar refractivity (Wildman–Crippen MR) is 131 cm³/mol. The third-order valence-electron chi connectivity index (χ3n) is 4.05. The van der Waals surface area contributed by atoms with E-state index >= 15 is 0 Å². The van der Waals surface area contributed by atoms with E-state index in [9.17, 15) is 46.1 Å². The second kappa shape index (κ2) is 11.8. The molecule has 36 heavy (non-hydrogen) atoms. The molecule has 0 atom stereocenters. The summed E-state index contributed by atoms with van der Waals surface area (Å²) in [4.78, 5) is 23.3. The van der Waals surface area contributed by atoms with E-state index < -0.39 is 81.5 Å². The van der Waals surface area contributed by atoms with Crippen LogP contribution in [0.2, 0.25) is 65.0 Å². The standard InChI is InChI=1S/C19H36F6O7Si4/c1-33(2,3)30-36(31-34(4,5)6,32-35(7,8)9)12-10-11-13(16(26)27)14(17(28)29)15(18(20,21)22)19(23,24)25/h15H,10-12H2,1-9H3,(H,26,27)(H,28,29)/b14-13+. The van der Waals surface area contributed by atoms with E-state index in [0.717, 1.165) is 0 Å². The number of carboxylic acids is 2. The van der Waals surface area contributed by atoms with E-state index in [0.29, 0.717) is 0 Å². The fraction of sp³-hybridized carbons (Fsp3) is 0.789. The zero-order chi connectivity index (χ0) is 29.1. The maximum atomic E-state index is 13.3. The first-order chi connectivity index (χ1) is 15.6. The van der Waals surface area contributed by atoms with Crippen LogP contribution in [-0.2, 0) is 21.9 Å². The Morgan fingerprint density at radius 3 is 1.25 bits per heavy atom. The molecule has 2 N–H and O–H groups in total. The first kappa shape index (κ1) is 35.0. The van der Waals surface area contributed by atoms with Crippen molar-refractivity contribution in [3.05, 3.63) is 11.1 Å². The number of alkyl halides is 6. The summed E-state index contributed by atoms with van der Waals surface area (Å²) in [6.07, 6.45) is -13.3. The summed E-state index contributed by atoms with van der Waals surface area (Å²) in [7, 11) is -10.7. The largest absolute Gasteiger partial charge is 0.478 e. The number of carboxylic acid groups (broad SMARTS) is 2. The maximum Gasteiger partial charge on any atom is 0.469 e. The van der Waals surface area contributed by atoms with Gasteiger partial charge in [0.25, 0.3) is 0 Å². The van der Waals surface area contributed by atoms with Gasteiger partial charge in [-0.1, -0.05) is 0 Å². The molecule has 0 aliphatic rings. The van der Waals surface area contributed by atoms with Crippen LogP contribution in [0, 0.1) is 5.92 Å². The number of hydrogen-bond donors (Lipinski definition) is 2. The normalized spacial score (nSPS) is 15.2. The monoisotopic (exact) mass is 602 g/mol. The number of rotatable bonds is 13. The van der Waals surface area contributed by atoms with Crippen LogP contribution in [0.4, 0.5) is 26.3 Å². The minimum Gasteiger partial charge on any atom is -0.478 e. The highest BCUT2D eigenvalue weighted by Crippen LogP contribution is 2.45. The Kier molecular flexibility index (Phi) is 11.5. The summed E-state index contributed by atoms with van der Waals surface area (Å²) < 4.78 is 98.7. The molecule has 0 amide bonds. The molecule has 0 aliphatic carbocycles. The maximum absolute atomic E-state index is 13.3.